The first-order chi connectivity index (χ1) is 7.59. The summed E-state index contributed by atoms with van der Waals surface area (Å²) < 4.78 is 5.61. The minimum Gasteiger partial charge on any atom is -0.488 e. The number of carbonyl (C=O) groups is 1. The van der Waals surface area contributed by atoms with Crippen molar-refractivity contribution in [2.24, 2.45) is 0 Å². The monoisotopic (exact) mass is 240 g/mol. The summed E-state index contributed by atoms with van der Waals surface area (Å²) in [6.45, 7) is 0. The Balaban J connectivity index is 2.35. The fourth-order valence-corrected chi connectivity index (χ4v) is 1.53. The number of rotatable bonds is 3. The number of carbonyl (C=O) groups excluding carboxylic acids is 1. The van der Waals surface area contributed by atoms with E-state index in [4.69, 9.17) is 16.3 Å². The van der Waals surface area contributed by atoms with Crippen LogP contribution >= 0.6 is 11.6 Å². The van der Waals surface area contributed by atoms with Gasteiger partial charge in [0, 0.05) is 20.3 Å². The van der Waals surface area contributed by atoms with Gasteiger partial charge < -0.3 is 9.64 Å². The number of ether oxygens (including phenoxy) is 1. The van der Waals surface area contributed by atoms with Gasteiger partial charge in [-0.3, -0.25) is 9.78 Å². The lowest BCUT2D eigenvalue weighted by atomic mass is 10.2. The first-order valence-corrected chi connectivity index (χ1v) is 5.49. The van der Waals surface area contributed by atoms with E-state index < -0.39 is 0 Å². The lowest BCUT2D eigenvalue weighted by Crippen LogP contribution is -2.23. The van der Waals surface area contributed by atoms with Crippen LogP contribution in [0.3, 0.4) is 0 Å². The van der Waals surface area contributed by atoms with E-state index in [2.05, 4.69) is 4.98 Å². The molecule has 1 fully saturated rings. The number of nitrogens with zero attached hydrogens (tertiary/aromatic N) is 2. The number of aromatic nitrogens is 1. The summed E-state index contributed by atoms with van der Waals surface area (Å²) in [5.74, 6) is 0.316. The molecule has 0 bridgehead atoms. The molecule has 0 aromatic carbocycles. The highest BCUT2D eigenvalue weighted by Crippen LogP contribution is 2.32. The molecule has 1 aromatic rings. The van der Waals surface area contributed by atoms with E-state index in [-0.39, 0.29) is 12.0 Å². The topological polar surface area (TPSA) is 42.4 Å². The predicted octanol–water partition coefficient (Wildman–Crippen LogP) is 1.98. The molecule has 0 N–H and O–H groups in total. The zero-order valence-corrected chi connectivity index (χ0v) is 9.99. The van der Waals surface area contributed by atoms with Crippen LogP contribution in [0.4, 0.5) is 0 Å². The molecule has 0 saturated heterocycles. The maximum atomic E-state index is 11.9. The molecule has 5 heteroatoms. The number of pyridine rings is 1. The van der Waals surface area contributed by atoms with Gasteiger partial charge in [0.15, 0.2) is 5.75 Å². The minimum atomic E-state index is -0.164. The van der Waals surface area contributed by atoms with Gasteiger partial charge in [0.2, 0.25) is 0 Å². The van der Waals surface area contributed by atoms with Crippen LogP contribution in [0.2, 0.25) is 5.02 Å². The van der Waals surface area contributed by atoms with E-state index in [1.807, 2.05) is 0 Å². The van der Waals surface area contributed by atoms with Gasteiger partial charge in [0.1, 0.15) is 5.56 Å². The maximum Gasteiger partial charge on any atom is 0.258 e. The van der Waals surface area contributed by atoms with E-state index in [1.165, 1.54) is 11.1 Å². The van der Waals surface area contributed by atoms with Gasteiger partial charge in [-0.1, -0.05) is 11.6 Å². The molecule has 1 heterocycles. The molecule has 0 atom stereocenters. The molecule has 0 unspecified atom stereocenters. The normalized spacial score (nSPS) is 14.7. The molecule has 2 rings (SSSR count). The van der Waals surface area contributed by atoms with Crippen molar-refractivity contribution in [1.82, 2.24) is 9.88 Å². The molecule has 86 valence electrons. The summed E-state index contributed by atoms with van der Waals surface area (Å²) in [5.41, 5.74) is 0.397. The summed E-state index contributed by atoms with van der Waals surface area (Å²) in [6.07, 6.45) is 5.28. The predicted molar refractivity (Wildman–Crippen MR) is 60.9 cm³/mol. The van der Waals surface area contributed by atoms with E-state index >= 15 is 0 Å². The Labute approximate surface area is 99.2 Å². The smallest absolute Gasteiger partial charge is 0.258 e. The largest absolute Gasteiger partial charge is 0.488 e. The van der Waals surface area contributed by atoms with Crippen molar-refractivity contribution in [3.05, 3.63) is 23.0 Å². The minimum absolute atomic E-state index is 0.164. The standard InChI is InChI=1S/C11H13ClN2O2/c1-14(2)11(15)10-8(12)5-13-6-9(10)16-7-3-4-7/h5-7H,3-4H2,1-2H3. The second-order valence-corrected chi connectivity index (χ2v) is 4.42. The van der Waals surface area contributed by atoms with Crippen LogP contribution in [-0.4, -0.2) is 36.0 Å². The van der Waals surface area contributed by atoms with Crippen molar-refractivity contribution in [3.63, 3.8) is 0 Å². The highest BCUT2D eigenvalue weighted by atomic mass is 35.5. The van der Waals surface area contributed by atoms with Gasteiger partial charge >= 0.3 is 0 Å². The third-order valence-electron chi connectivity index (χ3n) is 2.30. The third-order valence-corrected chi connectivity index (χ3v) is 2.59. The number of amides is 1. The summed E-state index contributed by atoms with van der Waals surface area (Å²) >= 11 is 5.98. The Kier molecular flexibility index (Phi) is 3.01. The van der Waals surface area contributed by atoms with E-state index in [1.54, 1.807) is 20.3 Å². The van der Waals surface area contributed by atoms with Gasteiger partial charge in [0.05, 0.1) is 17.3 Å². The zero-order valence-electron chi connectivity index (χ0n) is 9.24. The molecule has 16 heavy (non-hydrogen) atoms. The first-order valence-electron chi connectivity index (χ1n) is 5.11. The molecular weight excluding hydrogens is 228 g/mol. The Morgan fingerprint density at radius 3 is 2.75 bits per heavy atom. The lowest BCUT2D eigenvalue weighted by Gasteiger charge is -2.15. The molecule has 4 nitrogen and oxygen atoms in total. The van der Waals surface area contributed by atoms with Gasteiger partial charge in [-0.25, -0.2) is 0 Å². The Hall–Kier alpha value is -1.29. The third kappa shape index (κ3) is 2.27. The van der Waals surface area contributed by atoms with Crippen LogP contribution in [0.15, 0.2) is 12.4 Å². The van der Waals surface area contributed by atoms with Gasteiger partial charge in [-0.15, -0.1) is 0 Å². The average Bonchev–Trinajstić information content (AvgIpc) is 3.01. The second kappa shape index (κ2) is 4.29. The van der Waals surface area contributed by atoms with Crippen LogP contribution in [-0.2, 0) is 0 Å². The van der Waals surface area contributed by atoms with Crippen LogP contribution in [0, 0.1) is 0 Å². The summed E-state index contributed by atoms with van der Waals surface area (Å²) in [7, 11) is 3.36. The molecule has 0 aliphatic heterocycles. The first kappa shape index (κ1) is 11.2. The van der Waals surface area contributed by atoms with Gasteiger partial charge in [0.25, 0.3) is 5.91 Å². The number of hydrogen-bond acceptors (Lipinski definition) is 3. The van der Waals surface area contributed by atoms with Crippen molar-refractivity contribution < 1.29 is 9.53 Å². The van der Waals surface area contributed by atoms with Gasteiger partial charge in [-0.05, 0) is 12.8 Å². The quantitative estimate of drug-likeness (QED) is 0.811. The number of hydrogen-bond donors (Lipinski definition) is 0. The van der Waals surface area contributed by atoms with Crippen LogP contribution in [0.1, 0.15) is 23.2 Å². The van der Waals surface area contributed by atoms with Crippen LogP contribution in [0.25, 0.3) is 0 Å². The highest BCUT2D eigenvalue weighted by Gasteiger charge is 2.27. The average molecular weight is 241 g/mol. The lowest BCUT2D eigenvalue weighted by molar-refractivity contribution is 0.0823. The maximum absolute atomic E-state index is 11.9. The zero-order chi connectivity index (χ0) is 11.7. The van der Waals surface area contributed by atoms with E-state index in [0.29, 0.717) is 16.3 Å². The van der Waals surface area contributed by atoms with Gasteiger partial charge in [-0.2, -0.15) is 0 Å². The molecule has 1 aliphatic carbocycles. The van der Waals surface area contributed by atoms with E-state index in [9.17, 15) is 4.79 Å². The Morgan fingerprint density at radius 1 is 1.50 bits per heavy atom. The molecule has 1 amide bonds. The van der Waals surface area contributed by atoms with Crippen molar-refractivity contribution in [3.8, 4) is 5.75 Å². The van der Waals surface area contributed by atoms with Crippen molar-refractivity contribution >= 4 is 17.5 Å². The van der Waals surface area contributed by atoms with Crippen LogP contribution < -0.4 is 4.74 Å². The molecule has 0 spiro atoms. The van der Waals surface area contributed by atoms with Crippen LogP contribution in [0.5, 0.6) is 5.75 Å². The van der Waals surface area contributed by atoms with Crippen molar-refractivity contribution in [2.75, 3.05) is 14.1 Å². The second-order valence-electron chi connectivity index (χ2n) is 4.01. The summed E-state index contributed by atoms with van der Waals surface area (Å²) in [4.78, 5) is 17.3. The highest BCUT2D eigenvalue weighted by molar-refractivity contribution is 6.34. The molecular formula is C11H13ClN2O2. The summed E-state index contributed by atoms with van der Waals surface area (Å²) in [5, 5.41) is 0.330. The molecule has 1 aliphatic rings. The fourth-order valence-electron chi connectivity index (χ4n) is 1.30. The Bertz CT molecular complexity index is 416. The molecule has 1 saturated carbocycles. The van der Waals surface area contributed by atoms with Crippen molar-refractivity contribution in [2.45, 2.75) is 18.9 Å². The van der Waals surface area contributed by atoms with E-state index in [0.717, 1.165) is 12.8 Å². The fraction of sp³-hybridized carbons (Fsp3) is 0.455. The molecule has 0 radical (unpaired) electrons. The Morgan fingerprint density at radius 2 is 2.19 bits per heavy atom. The summed E-state index contributed by atoms with van der Waals surface area (Å²) in [6, 6.07) is 0. The number of halogens is 1. The molecule has 1 aromatic heterocycles. The SMILES string of the molecule is CN(C)C(=O)c1c(Cl)cncc1OC1CC1. The van der Waals surface area contributed by atoms with Crippen molar-refractivity contribution in [1.29, 1.82) is 0 Å².